The summed E-state index contributed by atoms with van der Waals surface area (Å²) < 4.78 is 7.98. The molecule has 7 heteroatoms. The van der Waals surface area contributed by atoms with Crippen LogP contribution in [0.25, 0.3) is 22.3 Å². The second-order valence-electron chi connectivity index (χ2n) is 7.40. The van der Waals surface area contributed by atoms with Crippen LogP contribution in [0.4, 0.5) is 0 Å². The Labute approximate surface area is 157 Å². The quantitative estimate of drug-likeness (QED) is 0.648. The Kier molecular flexibility index (Phi) is 4.77. The molecule has 0 unspecified atom stereocenters. The molecule has 2 aromatic heterocycles. The fourth-order valence-corrected chi connectivity index (χ4v) is 4.15. The Morgan fingerprint density at radius 2 is 2.19 bits per heavy atom. The Hall–Kier alpha value is -1.83. The van der Waals surface area contributed by atoms with E-state index in [1.807, 2.05) is 18.3 Å². The first-order valence-corrected chi connectivity index (χ1v) is 9.96. The highest BCUT2D eigenvalue weighted by Crippen LogP contribution is 2.32. The lowest BCUT2D eigenvalue weighted by Gasteiger charge is -2.18. The van der Waals surface area contributed by atoms with Crippen LogP contribution in [0.3, 0.4) is 0 Å². The zero-order chi connectivity index (χ0) is 18.1. The molecule has 26 heavy (non-hydrogen) atoms. The van der Waals surface area contributed by atoms with Crippen LogP contribution in [0.5, 0.6) is 0 Å². The first-order chi connectivity index (χ1) is 12.5. The fraction of sp³-hybridized carbons (Fsp3) is 0.474. The monoisotopic (exact) mass is 372 g/mol. The minimum absolute atomic E-state index is 0.191. The van der Waals surface area contributed by atoms with Gasteiger partial charge in [0.2, 0.25) is 0 Å². The van der Waals surface area contributed by atoms with E-state index in [1.165, 1.54) is 11.8 Å². The van der Waals surface area contributed by atoms with Crippen LogP contribution < -0.4 is 0 Å². The van der Waals surface area contributed by atoms with Crippen molar-refractivity contribution in [3.8, 4) is 11.4 Å². The largest absolute Gasteiger partial charge is 0.390 e. The van der Waals surface area contributed by atoms with Gasteiger partial charge >= 0.3 is 0 Å². The SMILES string of the molecule is CC(C)(O)CSc1nnc(-c2c[nH]c3ccccc23)n1C[C@@H]1CCCO1. The minimum Gasteiger partial charge on any atom is -0.390 e. The van der Waals surface area contributed by atoms with Crippen LogP contribution in [0.15, 0.2) is 35.6 Å². The molecule has 3 aromatic rings. The van der Waals surface area contributed by atoms with E-state index in [9.17, 15) is 5.11 Å². The Morgan fingerprint density at radius 1 is 1.35 bits per heavy atom. The molecular weight excluding hydrogens is 348 g/mol. The van der Waals surface area contributed by atoms with E-state index in [0.29, 0.717) is 5.75 Å². The van der Waals surface area contributed by atoms with Gasteiger partial charge in [0.05, 0.1) is 18.2 Å². The third-order valence-corrected chi connectivity index (χ3v) is 5.92. The van der Waals surface area contributed by atoms with Crippen molar-refractivity contribution in [2.24, 2.45) is 0 Å². The Bertz CT molecular complexity index is 890. The van der Waals surface area contributed by atoms with Crippen molar-refractivity contribution in [1.29, 1.82) is 0 Å². The molecule has 1 fully saturated rings. The average Bonchev–Trinajstić information content (AvgIpc) is 3.32. The van der Waals surface area contributed by atoms with E-state index in [-0.39, 0.29) is 6.10 Å². The van der Waals surface area contributed by atoms with Gasteiger partial charge in [-0.05, 0) is 32.8 Å². The zero-order valence-corrected chi connectivity index (χ0v) is 15.9. The molecule has 0 amide bonds. The fourth-order valence-electron chi connectivity index (χ4n) is 3.25. The second-order valence-corrected chi connectivity index (χ2v) is 8.34. The van der Waals surface area contributed by atoms with Gasteiger partial charge in [-0.25, -0.2) is 0 Å². The molecule has 1 aromatic carbocycles. The van der Waals surface area contributed by atoms with Gasteiger partial charge in [-0.1, -0.05) is 30.0 Å². The summed E-state index contributed by atoms with van der Waals surface area (Å²) in [6, 6.07) is 8.20. The topological polar surface area (TPSA) is 76.0 Å². The molecule has 0 bridgehead atoms. The lowest BCUT2D eigenvalue weighted by atomic mass is 10.1. The summed E-state index contributed by atoms with van der Waals surface area (Å²) >= 11 is 1.53. The van der Waals surface area contributed by atoms with E-state index in [2.05, 4.69) is 31.9 Å². The smallest absolute Gasteiger partial charge is 0.191 e. The van der Waals surface area contributed by atoms with Crippen molar-refractivity contribution in [3.05, 3.63) is 30.5 Å². The molecule has 2 N–H and O–H groups in total. The molecular formula is C19H24N4O2S. The normalized spacial score (nSPS) is 18.0. The van der Waals surface area contributed by atoms with Gasteiger partial charge < -0.3 is 14.8 Å². The third kappa shape index (κ3) is 3.65. The number of nitrogens with one attached hydrogen (secondary N) is 1. The molecule has 1 aliphatic rings. The van der Waals surface area contributed by atoms with Crippen molar-refractivity contribution >= 4 is 22.7 Å². The molecule has 0 saturated carbocycles. The number of ether oxygens (including phenoxy) is 1. The molecule has 0 aliphatic carbocycles. The lowest BCUT2D eigenvalue weighted by Crippen LogP contribution is -2.22. The number of aromatic amines is 1. The van der Waals surface area contributed by atoms with Crippen molar-refractivity contribution in [2.45, 2.75) is 50.1 Å². The summed E-state index contributed by atoms with van der Waals surface area (Å²) in [6.45, 7) is 5.17. The third-order valence-electron chi connectivity index (χ3n) is 4.51. The molecule has 1 atom stereocenters. The van der Waals surface area contributed by atoms with Gasteiger partial charge in [-0.15, -0.1) is 10.2 Å². The van der Waals surface area contributed by atoms with Gasteiger partial charge in [-0.3, -0.25) is 4.57 Å². The van der Waals surface area contributed by atoms with Gasteiger partial charge in [0, 0.05) is 35.0 Å². The van der Waals surface area contributed by atoms with Crippen molar-refractivity contribution in [1.82, 2.24) is 19.7 Å². The number of hydrogen-bond donors (Lipinski definition) is 2. The number of fused-ring (bicyclic) bond motifs is 1. The highest BCUT2D eigenvalue weighted by atomic mass is 32.2. The van der Waals surface area contributed by atoms with Crippen molar-refractivity contribution in [2.75, 3.05) is 12.4 Å². The van der Waals surface area contributed by atoms with Crippen LogP contribution in [-0.2, 0) is 11.3 Å². The number of para-hydroxylation sites is 1. The molecule has 3 heterocycles. The number of benzene rings is 1. The summed E-state index contributed by atoms with van der Waals surface area (Å²) in [4.78, 5) is 3.31. The first-order valence-electron chi connectivity index (χ1n) is 8.98. The van der Waals surface area contributed by atoms with Crippen LogP contribution in [-0.4, -0.2) is 48.9 Å². The number of H-pyrrole nitrogens is 1. The molecule has 6 nitrogen and oxygen atoms in total. The summed E-state index contributed by atoms with van der Waals surface area (Å²) in [6.07, 6.45) is 4.34. The molecule has 138 valence electrons. The van der Waals surface area contributed by atoms with E-state index >= 15 is 0 Å². The standard InChI is InChI=1S/C19H24N4O2S/c1-19(2,24)12-26-18-22-21-17(23(18)11-13-6-5-9-25-13)15-10-20-16-8-4-3-7-14(15)16/h3-4,7-8,10,13,20,24H,5-6,9,11-12H2,1-2H3/t13-/m0/s1. The lowest BCUT2D eigenvalue weighted by molar-refractivity contribution is 0.0952. The van der Waals surface area contributed by atoms with Crippen LogP contribution in [0.1, 0.15) is 26.7 Å². The molecule has 0 spiro atoms. The van der Waals surface area contributed by atoms with Gasteiger partial charge in [-0.2, -0.15) is 0 Å². The average molecular weight is 372 g/mol. The van der Waals surface area contributed by atoms with E-state index in [1.54, 1.807) is 13.8 Å². The van der Waals surface area contributed by atoms with Gasteiger partial charge in [0.15, 0.2) is 11.0 Å². The predicted molar refractivity (Wildman–Crippen MR) is 103 cm³/mol. The maximum absolute atomic E-state index is 10.1. The van der Waals surface area contributed by atoms with Gasteiger partial charge in [0.1, 0.15) is 0 Å². The van der Waals surface area contributed by atoms with Crippen molar-refractivity contribution in [3.63, 3.8) is 0 Å². The number of nitrogens with zero attached hydrogens (tertiary/aromatic N) is 3. The number of aromatic nitrogens is 4. The Balaban J connectivity index is 1.72. The number of rotatable bonds is 6. The predicted octanol–water partition coefficient (Wildman–Crippen LogP) is 3.47. The number of thioether (sulfide) groups is 1. The highest BCUT2D eigenvalue weighted by molar-refractivity contribution is 7.99. The number of hydrogen-bond acceptors (Lipinski definition) is 5. The van der Waals surface area contributed by atoms with E-state index in [0.717, 1.165) is 53.4 Å². The summed E-state index contributed by atoms with van der Waals surface area (Å²) in [5, 5.41) is 20.9. The first kappa shape index (κ1) is 17.6. The van der Waals surface area contributed by atoms with Crippen molar-refractivity contribution < 1.29 is 9.84 Å². The maximum Gasteiger partial charge on any atom is 0.191 e. The maximum atomic E-state index is 10.1. The molecule has 1 aliphatic heterocycles. The minimum atomic E-state index is -0.758. The highest BCUT2D eigenvalue weighted by Gasteiger charge is 2.24. The second kappa shape index (κ2) is 7.06. The van der Waals surface area contributed by atoms with Crippen LogP contribution in [0, 0.1) is 0 Å². The summed E-state index contributed by atoms with van der Waals surface area (Å²) in [5.41, 5.74) is 1.37. The number of aliphatic hydroxyl groups is 1. The van der Waals surface area contributed by atoms with Gasteiger partial charge in [0.25, 0.3) is 0 Å². The van der Waals surface area contributed by atoms with E-state index in [4.69, 9.17) is 4.74 Å². The molecule has 1 saturated heterocycles. The zero-order valence-electron chi connectivity index (χ0n) is 15.1. The summed E-state index contributed by atoms with van der Waals surface area (Å²) in [7, 11) is 0. The Morgan fingerprint density at radius 3 is 2.96 bits per heavy atom. The molecule has 0 radical (unpaired) electrons. The summed E-state index contributed by atoms with van der Waals surface area (Å²) in [5.74, 6) is 1.40. The van der Waals surface area contributed by atoms with Crippen LogP contribution in [0.2, 0.25) is 0 Å². The van der Waals surface area contributed by atoms with Crippen LogP contribution >= 0.6 is 11.8 Å². The molecule has 4 rings (SSSR count). The van der Waals surface area contributed by atoms with E-state index < -0.39 is 5.60 Å².